The van der Waals surface area contributed by atoms with Crippen LogP contribution in [0.15, 0.2) is 53.1 Å². The predicted molar refractivity (Wildman–Crippen MR) is 97.1 cm³/mol. The number of halogens is 1. The monoisotopic (exact) mass is 387 g/mol. The van der Waals surface area contributed by atoms with Gasteiger partial charge in [-0.25, -0.2) is 0 Å². The number of rotatable bonds is 6. The van der Waals surface area contributed by atoms with Crippen molar-refractivity contribution in [3.63, 3.8) is 0 Å². The second kappa shape index (κ2) is 7.53. The molecule has 4 nitrogen and oxygen atoms in total. The van der Waals surface area contributed by atoms with E-state index in [0.717, 1.165) is 32.4 Å². The molecule has 0 aliphatic heterocycles. The molecule has 0 saturated heterocycles. The topological polar surface area (TPSA) is 51.3 Å². The Kier molecular flexibility index (Phi) is 5.20. The highest BCUT2D eigenvalue weighted by Crippen LogP contribution is 2.30. The number of fused-ring (bicyclic) bond motifs is 1. The van der Waals surface area contributed by atoms with E-state index >= 15 is 0 Å². The lowest BCUT2D eigenvalue weighted by molar-refractivity contribution is -0.142. The number of benzene rings is 2. The Balaban J connectivity index is 1.82. The third-order valence-corrected chi connectivity index (χ3v) is 4.38. The number of H-pyrrole nitrogens is 1. The summed E-state index contributed by atoms with van der Waals surface area (Å²) in [6, 6.07) is 15.8. The molecule has 124 valence electrons. The minimum atomic E-state index is -0.241. The van der Waals surface area contributed by atoms with Gasteiger partial charge in [-0.2, -0.15) is 0 Å². The number of aromatic amines is 1. The smallest absolute Gasteiger partial charge is 0.310 e. The molecule has 3 aromatic rings. The predicted octanol–water partition coefficient (Wildman–Crippen LogP) is 4.62. The van der Waals surface area contributed by atoms with Crippen LogP contribution in [0.5, 0.6) is 5.75 Å². The van der Waals surface area contributed by atoms with Crippen molar-refractivity contribution in [2.45, 2.75) is 20.0 Å². The van der Waals surface area contributed by atoms with Gasteiger partial charge in [0.05, 0.1) is 17.6 Å². The van der Waals surface area contributed by atoms with Crippen LogP contribution in [-0.4, -0.2) is 17.6 Å². The average Bonchev–Trinajstić information content (AvgIpc) is 2.89. The molecule has 2 aromatic carbocycles. The van der Waals surface area contributed by atoms with Gasteiger partial charge in [0.15, 0.2) is 0 Å². The maximum absolute atomic E-state index is 11.8. The first-order valence-electron chi connectivity index (χ1n) is 7.80. The van der Waals surface area contributed by atoms with Crippen molar-refractivity contribution in [1.82, 2.24) is 4.98 Å². The van der Waals surface area contributed by atoms with Crippen molar-refractivity contribution >= 4 is 32.8 Å². The SMILES string of the molecule is CCOC(=O)Cc1c(Br)[nH]c2ccc(OCc3ccccc3)cc12. The van der Waals surface area contributed by atoms with E-state index in [1.165, 1.54) is 0 Å². The number of esters is 1. The zero-order valence-corrected chi connectivity index (χ0v) is 14.9. The van der Waals surface area contributed by atoms with Gasteiger partial charge in [0.25, 0.3) is 0 Å². The van der Waals surface area contributed by atoms with Crippen LogP contribution in [0.25, 0.3) is 10.9 Å². The quantitative estimate of drug-likeness (QED) is 0.628. The maximum Gasteiger partial charge on any atom is 0.310 e. The minimum Gasteiger partial charge on any atom is -0.489 e. The van der Waals surface area contributed by atoms with Crippen LogP contribution in [0.3, 0.4) is 0 Å². The molecule has 1 aromatic heterocycles. The highest BCUT2D eigenvalue weighted by molar-refractivity contribution is 9.10. The van der Waals surface area contributed by atoms with E-state index in [1.54, 1.807) is 6.92 Å². The lowest BCUT2D eigenvalue weighted by atomic mass is 10.1. The van der Waals surface area contributed by atoms with Crippen LogP contribution in [0, 0.1) is 0 Å². The largest absolute Gasteiger partial charge is 0.489 e. The van der Waals surface area contributed by atoms with E-state index in [4.69, 9.17) is 9.47 Å². The maximum atomic E-state index is 11.8. The number of aromatic nitrogens is 1. The highest BCUT2D eigenvalue weighted by Gasteiger charge is 2.15. The summed E-state index contributed by atoms with van der Waals surface area (Å²) in [5.74, 6) is 0.526. The summed E-state index contributed by atoms with van der Waals surface area (Å²) >= 11 is 3.49. The second-order valence-corrected chi connectivity index (χ2v) is 6.17. The van der Waals surface area contributed by atoms with Gasteiger partial charge < -0.3 is 14.5 Å². The van der Waals surface area contributed by atoms with E-state index in [9.17, 15) is 4.79 Å². The molecule has 3 rings (SSSR count). The van der Waals surface area contributed by atoms with E-state index < -0.39 is 0 Å². The minimum absolute atomic E-state index is 0.219. The van der Waals surface area contributed by atoms with Crippen LogP contribution < -0.4 is 4.74 Å². The molecule has 0 fully saturated rings. The molecule has 0 bridgehead atoms. The van der Waals surface area contributed by atoms with Crippen LogP contribution in [0.4, 0.5) is 0 Å². The second-order valence-electron chi connectivity index (χ2n) is 5.38. The fraction of sp³-hybridized carbons (Fsp3) is 0.211. The van der Waals surface area contributed by atoms with Gasteiger partial charge in [0.2, 0.25) is 0 Å². The Labute approximate surface area is 148 Å². The number of hydrogen-bond acceptors (Lipinski definition) is 3. The van der Waals surface area contributed by atoms with Gasteiger partial charge in [-0.3, -0.25) is 4.79 Å². The number of ether oxygens (including phenoxy) is 2. The molecule has 1 N–H and O–H groups in total. The highest BCUT2D eigenvalue weighted by atomic mass is 79.9. The molecule has 0 unspecified atom stereocenters. The Morgan fingerprint density at radius 1 is 1.17 bits per heavy atom. The molecule has 0 aliphatic rings. The molecule has 0 saturated carbocycles. The fourth-order valence-corrected chi connectivity index (χ4v) is 3.12. The summed E-state index contributed by atoms with van der Waals surface area (Å²) in [6.45, 7) is 2.69. The van der Waals surface area contributed by atoms with Gasteiger partial charge in [-0.15, -0.1) is 0 Å². The molecule has 0 spiro atoms. The van der Waals surface area contributed by atoms with Gasteiger partial charge >= 0.3 is 5.97 Å². The molecular weight excluding hydrogens is 370 g/mol. The van der Waals surface area contributed by atoms with Gasteiger partial charge in [-0.1, -0.05) is 30.3 Å². The van der Waals surface area contributed by atoms with Gasteiger partial charge in [0.1, 0.15) is 12.4 Å². The number of carbonyl (C=O) groups excluding carboxylic acids is 1. The Bertz CT molecular complexity index is 842. The average molecular weight is 388 g/mol. The van der Waals surface area contributed by atoms with E-state index in [2.05, 4.69) is 20.9 Å². The van der Waals surface area contributed by atoms with Crippen molar-refractivity contribution in [3.8, 4) is 5.75 Å². The van der Waals surface area contributed by atoms with E-state index in [0.29, 0.717) is 13.2 Å². The summed E-state index contributed by atoms with van der Waals surface area (Å²) in [5, 5.41) is 0.959. The Hall–Kier alpha value is -2.27. The van der Waals surface area contributed by atoms with Crippen molar-refractivity contribution in [2.75, 3.05) is 6.61 Å². The van der Waals surface area contributed by atoms with Gasteiger partial charge in [-0.05, 0) is 46.6 Å². The molecule has 5 heteroatoms. The van der Waals surface area contributed by atoms with Crippen molar-refractivity contribution in [3.05, 3.63) is 64.3 Å². The number of carbonyl (C=O) groups is 1. The summed E-state index contributed by atoms with van der Waals surface area (Å²) in [4.78, 5) is 15.0. The molecule has 0 atom stereocenters. The first-order chi connectivity index (χ1) is 11.7. The summed E-state index contributed by atoms with van der Waals surface area (Å²) in [7, 11) is 0. The zero-order valence-electron chi connectivity index (χ0n) is 13.3. The molecule has 1 heterocycles. The van der Waals surface area contributed by atoms with Crippen LogP contribution in [0.2, 0.25) is 0 Å². The number of nitrogens with one attached hydrogen (secondary N) is 1. The first-order valence-corrected chi connectivity index (χ1v) is 8.59. The van der Waals surface area contributed by atoms with Gasteiger partial charge in [0, 0.05) is 16.5 Å². The molecule has 0 radical (unpaired) electrons. The lowest BCUT2D eigenvalue weighted by Crippen LogP contribution is -2.07. The molecular formula is C19H18BrNO3. The lowest BCUT2D eigenvalue weighted by Gasteiger charge is -2.07. The third-order valence-electron chi connectivity index (χ3n) is 3.70. The molecule has 0 aliphatic carbocycles. The molecule has 24 heavy (non-hydrogen) atoms. The summed E-state index contributed by atoms with van der Waals surface area (Å²) in [5.41, 5.74) is 2.95. The van der Waals surface area contributed by atoms with E-state index in [1.807, 2.05) is 48.5 Å². The van der Waals surface area contributed by atoms with E-state index in [-0.39, 0.29) is 12.4 Å². The van der Waals surface area contributed by atoms with Crippen molar-refractivity contribution in [1.29, 1.82) is 0 Å². The fourth-order valence-electron chi connectivity index (χ4n) is 2.55. The Morgan fingerprint density at radius 2 is 1.96 bits per heavy atom. The summed E-state index contributed by atoms with van der Waals surface area (Å²) in [6.07, 6.45) is 0.219. The van der Waals surface area contributed by atoms with Crippen LogP contribution in [0.1, 0.15) is 18.1 Å². The van der Waals surface area contributed by atoms with Crippen molar-refractivity contribution < 1.29 is 14.3 Å². The van der Waals surface area contributed by atoms with Crippen molar-refractivity contribution in [2.24, 2.45) is 0 Å². The van der Waals surface area contributed by atoms with Crippen LogP contribution in [-0.2, 0) is 22.6 Å². The normalized spacial score (nSPS) is 10.8. The first kappa shape index (κ1) is 16.6. The Morgan fingerprint density at radius 3 is 2.71 bits per heavy atom. The van der Waals surface area contributed by atoms with Crippen LogP contribution >= 0.6 is 15.9 Å². The zero-order chi connectivity index (χ0) is 16.9. The summed E-state index contributed by atoms with van der Waals surface area (Å²) < 4.78 is 11.7. The standard InChI is InChI=1S/C19H18BrNO3/c1-2-23-18(22)11-16-15-10-14(8-9-17(15)21-19(16)20)24-12-13-6-4-3-5-7-13/h3-10,21H,2,11-12H2,1H3. The molecule has 0 amide bonds. The third kappa shape index (κ3) is 3.79. The number of hydrogen-bond donors (Lipinski definition) is 1.